The molecule has 1 heterocycles. The van der Waals surface area contributed by atoms with Gasteiger partial charge in [0.15, 0.2) is 0 Å². The van der Waals surface area contributed by atoms with Gasteiger partial charge in [0.1, 0.15) is 0 Å². The molecule has 3 aliphatic rings. The average molecular weight is 251 g/mol. The van der Waals surface area contributed by atoms with E-state index in [9.17, 15) is 4.79 Å². The molecule has 1 aliphatic heterocycles. The fraction of sp³-hybridized carbons (Fsp3) is 0.929. The molecular formula is C14H25N3O. The van der Waals surface area contributed by atoms with Crippen LogP contribution in [0.25, 0.3) is 0 Å². The second-order valence-corrected chi connectivity index (χ2v) is 6.57. The first-order valence-electron chi connectivity index (χ1n) is 7.30. The van der Waals surface area contributed by atoms with Gasteiger partial charge in [-0.2, -0.15) is 0 Å². The lowest BCUT2D eigenvalue weighted by atomic mass is 10.0. The van der Waals surface area contributed by atoms with Crippen LogP contribution in [0.4, 0.5) is 0 Å². The molecule has 3 atom stereocenters. The number of hydrogen-bond donors (Lipinski definition) is 1. The standard InChI is InChI=1S/C14H25N3O/c1-16-3-4-17(2)13(9-16)8-15-14(18)12-6-10-5-11(10)7-12/h10-13H,3-9H2,1-2H3,(H,15,18). The Hall–Kier alpha value is -0.610. The molecule has 102 valence electrons. The van der Waals surface area contributed by atoms with E-state index in [2.05, 4.69) is 29.2 Å². The van der Waals surface area contributed by atoms with Crippen LogP contribution in [0.5, 0.6) is 0 Å². The first-order valence-corrected chi connectivity index (χ1v) is 7.30. The summed E-state index contributed by atoms with van der Waals surface area (Å²) in [6.07, 6.45) is 3.69. The molecule has 4 heteroatoms. The largest absolute Gasteiger partial charge is 0.354 e. The molecule has 3 unspecified atom stereocenters. The quantitative estimate of drug-likeness (QED) is 0.788. The van der Waals surface area contributed by atoms with E-state index in [0.29, 0.717) is 17.9 Å². The summed E-state index contributed by atoms with van der Waals surface area (Å²) in [6, 6.07) is 0.476. The van der Waals surface area contributed by atoms with Crippen LogP contribution in [0.3, 0.4) is 0 Å². The summed E-state index contributed by atoms with van der Waals surface area (Å²) in [6.45, 7) is 4.11. The Bertz CT molecular complexity index is 323. The number of carbonyl (C=O) groups excluding carboxylic acids is 1. The summed E-state index contributed by atoms with van der Waals surface area (Å²) in [5.74, 6) is 2.41. The van der Waals surface area contributed by atoms with Gasteiger partial charge in [-0.1, -0.05) is 0 Å². The molecule has 1 amide bonds. The van der Waals surface area contributed by atoms with Crippen molar-refractivity contribution in [2.75, 3.05) is 40.3 Å². The van der Waals surface area contributed by atoms with Crippen molar-refractivity contribution in [3.8, 4) is 0 Å². The molecule has 0 spiro atoms. The maximum absolute atomic E-state index is 12.1. The minimum Gasteiger partial charge on any atom is -0.354 e. The summed E-state index contributed by atoms with van der Waals surface area (Å²) in [5.41, 5.74) is 0. The van der Waals surface area contributed by atoms with Crippen molar-refractivity contribution in [1.82, 2.24) is 15.1 Å². The lowest BCUT2D eigenvalue weighted by Crippen LogP contribution is -2.54. The summed E-state index contributed by atoms with van der Waals surface area (Å²) in [7, 11) is 4.32. The summed E-state index contributed by atoms with van der Waals surface area (Å²) >= 11 is 0. The highest BCUT2D eigenvalue weighted by Gasteiger charge is 2.47. The van der Waals surface area contributed by atoms with Crippen molar-refractivity contribution in [2.45, 2.75) is 25.3 Å². The maximum Gasteiger partial charge on any atom is 0.223 e. The second kappa shape index (κ2) is 4.82. The SMILES string of the molecule is CN1CCN(C)C(CNC(=O)C2CC3CC3C2)C1. The lowest BCUT2D eigenvalue weighted by Gasteiger charge is -2.37. The average Bonchev–Trinajstić information content (AvgIpc) is 2.97. The molecule has 4 nitrogen and oxygen atoms in total. The second-order valence-electron chi connectivity index (χ2n) is 6.57. The number of piperazine rings is 1. The zero-order valence-electron chi connectivity index (χ0n) is 11.6. The van der Waals surface area contributed by atoms with Crippen molar-refractivity contribution < 1.29 is 4.79 Å². The number of fused-ring (bicyclic) bond motifs is 1. The molecular weight excluding hydrogens is 226 g/mol. The number of carbonyl (C=O) groups is 1. The number of likely N-dealkylation sites (N-methyl/N-ethyl adjacent to an activating group) is 2. The summed E-state index contributed by atoms with van der Waals surface area (Å²) < 4.78 is 0. The fourth-order valence-corrected chi connectivity index (χ4v) is 3.61. The van der Waals surface area contributed by atoms with E-state index in [1.807, 2.05) is 0 Å². The van der Waals surface area contributed by atoms with Gasteiger partial charge in [-0.15, -0.1) is 0 Å². The van der Waals surface area contributed by atoms with Gasteiger partial charge in [-0.05, 0) is 45.2 Å². The molecule has 1 saturated heterocycles. The molecule has 0 radical (unpaired) electrons. The number of amides is 1. The maximum atomic E-state index is 12.1. The van der Waals surface area contributed by atoms with Crippen LogP contribution < -0.4 is 5.32 Å². The summed E-state index contributed by atoms with van der Waals surface area (Å²) in [4.78, 5) is 16.8. The Kier molecular flexibility index (Phi) is 3.32. The fourth-order valence-electron chi connectivity index (χ4n) is 3.61. The monoisotopic (exact) mass is 251 g/mol. The number of nitrogens with zero attached hydrogens (tertiary/aromatic N) is 2. The first-order chi connectivity index (χ1) is 8.63. The van der Waals surface area contributed by atoms with Crippen LogP contribution in [0.15, 0.2) is 0 Å². The lowest BCUT2D eigenvalue weighted by molar-refractivity contribution is -0.125. The number of hydrogen-bond acceptors (Lipinski definition) is 3. The molecule has 1 N–H and O–H groups in total. The van der Waals surface area contributed by atoms with E-state index < -0.39 is 0 Å². The van der Waals surface area contributed by atoms with E-state index in [0.717, 1.165) is 50.9 Å². The molecule has 0 bridgehead atoms. The van der Waals surface area contributed by atoms with Crippen LogP contribution >= 0.6 is 0 Å². The van der Waals surface area contributed by atoms with Crippen LogP contribution in [0.2, 0.25) is 0 Å². The van der Waals surface area contributed by atoms with E-state index in [4.69, 9.17) is 0 Å². The molecule has 2 aliphatic carbocycles. The topological polar surface area (TPSA) is 35.6 Å². The molecule has 0 aromatic heterocycles. The van der Waals surface area contributed by atoms with Crippen LogP contribution in [-0.2, 0) is 4.79 Å². The number of nitrogens with one attached hydrogen (secondary N) is 1. The van der Waals surface area contributed by atoms with Crippen molar-refractivity contribution in [3.05, 3.63) is 0 Å². The van der Waals surface area contributed by atoms with Gasteiger partial charge in [0, 0.05) is 38.1 Å². The predicted octanol–water partition coefficient (Wildman–Crippen LogP) is 0.395. The van der Waals surface area contributed by atoms with E-state index in [1.54, 1.807) is 0 Å². The molecule has 2 saturated carbocycles. The third-order valence-electron chi connectivity index (χ3n) is 5.11. The third-order valence-corrected chi connectivity index (χ3v) is 5.11. The highest BCUT2D eigenvalue weighted by atomic mass is 16.1. The van der Waals surface area contributed by atoms with Gasteiger partial charge in [0.25, 0.3) is 0 Å². The van der Waals surface area contributed by atoms with Crippen LogP contribution in [-0.4, -0.2) is 62.0 Å². The third kappa shape index (κ3) is 2.54. The van der Waals surface area contributed by atoms with Gasteiger partial charge >= 0.3 is 0 Å². The van der Waals surface area contributed by atoms with Gasteiger partial charge < -0.3 is 10.2 Å². The van der Waals surface area contributed by atoms with Crippen molar-refractivity contribution in [3.63, 3.8) is 0 Å². The van der Waals surface area contributed by atoms with Crippen LogP contribution in [0, 0.1) is 17.8 Å². The normalized spacial score (nSPS) is 40.6. The van der Waals surface area contributed by atoms with Gasteiger partial charge in [0.05, 0.1) is 0 Å². The van der Waals surface area contributed by atoms with Crippen molar-refractivity contribution in [2.24, 2.45) is 17.8 Å². The highest BCUT2D eigenvalue weighted by Crippen LogP contribution is 2.54. The molecule has 3 fully saturated rings. The Morgan fingerprint density at radius 2 is 1.89 bits per heavy atom. The Balaban J connectivity index is 1.44. The highest BCUT2D eigenvalue weighted by molar-refractivity contribution is 5.79. The molecule has 3 rings (SSSR count). The van der Waals surface area contributed by atoms with E-state index in [1.165, 1.54) is 6.42 Å². The van der Waals surface area contributed by atoms with Gasteiger partial charge in [-0.3, -0.25) is 9.69 Å². The van der Waals surface area contributed by atoms with E-state index >= 15 is 0 Å². The van der Waals surface area contributed by atoms with Gasteiger partial charge in [0.2, 0.25) is 5.91 Å². The first kappa shape index (κ1) is 12.4. The molecule has 0 aromatic rings. The van der Waals surface area contributed by atoms with Crippen molar-refractivity contribution >= 4 is 5.91 Å². The molecule has 0 aromatic carbocycles. The smallest absolute Gasteiger partial charge is 0.223 e. The molecule has 18 heavy (non-hydrogen) atoms. The Labute approximate surface area is 110 Å². The summed E-state index contributed by atoms with van der Waals surface area (Å²) in [5, 5.41) is 3.18. The van der Waals surface area contributed by atoms with Gasteiger partial charge in [-0.25, -0.2) is 0 Å². The van der Waals surface area contributed by atoms with Crippen LogP contribution in [0.1, 0.15) is 19.3 Å². The predicted molar refractivity (Wildman–Crippen MR) is 71.2 cm³/mol. The Morgan fingerprint density at radius 1 is 1.17 bits per heavy atom. The number of rotatable bonds is 3. The van der Waals surface area contributed by atoms with Crippen molar-refractivity contribution in [1.29, 1.82) is 0 Å². The zero-order chi connectivity index (χ0) is 12.7. The van der Waals surface area contributed by atoms with E-state index in [-0.39, 0.29) is 0 Å². The Morgan fingerprint density at radius 3 is 2.61 bits per heavy atom. The minimum absolute atomic E-state index is 0.309. The zero-order valence-corrected chi connectivity index (χ0v) is 11.6. The minimum atomic E-state index is 0.309.